The van der Waals surface area contributed by atoms with Crippen LogP contribution in [0.25, 0.3) is 0 Å². The molecule has 1 heterocycles. The van der Waals surface area contributed by atoms with Gasteiger partial charge >= 0.3 is 0 Å². The molecule has 0 saturated heterocycles. The number of hydrogen-bond donors (Lipinski definition) is 1. The van der Waals surface area contributed by atoms with Gasteiger partial charge in [0.15, 0.2) is 0 Å². The molecular weight excluding hydrogens is 238 g/mol. The van der Waals surface area contributed by atoms with E-state index in [1.807, 2.05) is 30.3 Å². The van der Waals surface area contributed by atoms with E-state index in [9.17, 15) is 0 Å². The first-order valence-corrected chi connectivity index (χ1v) is 6.62. The first-order valence-electron chi connectivity index (χ1n) is 6.62. The van der Waals surface area contributed by atoms with E-state index >= 15 is 0 Å². The van der Waals surface area contributed by atoms with Crippen molar-refractivity contribution in [3.8, 4) is 5.75 Å². The van der Waals surface area contributed by atoms with Gasteiger partial charge in [0.1, 0.15) is 11.5 Å². The number of ether oxygens (including phenoxy) is 1. The minimum atomic E-state index is 0.208. The highest BCUT2D eigenvalue weighted by molar-refractivity contribution is 5.33. The zero-order valence-corrected chi connectivity index (χ0v) is 11.7. The minimum absolute atomic E-state index is 0.208. The standard InChI is InChI=1S/C16H21NO2/c1-12(17-13(2)15-9-6-10-19-15)11-14-7-4-5-8-16(14)18-3/h4-10,12-13,17H,11H2,1-3H3/t12?,13-/m0/s1. The van der Waals surface area contributed by atoms with Crippen LogP contribution >= 0.6 is 0 Å². The Morgan fingerprint density at radius 2 is 1.95 bits per heavy atom. The maximum atomic E-state index is 5.40. The van der Waals surface area contributed by atoms with E-state index < -0.39 is 0 Å². The molecular formula is C16H21NO2. The van der Waals surface area contributed by atoms with Crippen LogP contribution in [0.5, 0.6) is 5.75 Å². The van der Waals surface area contributed by atoms with E-state index in [0.29, 0.717) is 6.04 Å². The molecule has 0 bridgehead atoms. The lowest BCUT2D eigenvalue weighted by Gasteiger charge is -2.19. The quantitative estimate of drug-likeness (QED) is 0.861. The lowest BCUT2D eigenvalue weighted by Crippen LogP contribution is -2.30. The third-order valence-corrected chi connectivity index (χ3v) is 3.22. The summed E-state index contributed by atoms with van der Waals surface area (Å²) in [6.07, 6.45) is 2.63. The van der Waals surface area contributed by atoms with Crippen molar-refractivity contribution in [1.29, 1.82) is 0 Å². The van der Waals surface area contributed by atoms with Gasteiger partial charge in [0.05, 0.1) is 19.4 Å². The van der Waals surface area contributed by atoms with Crippen molar-refractivity contribution in [3.63, 3.8) is 0 Å². The van der Waals surface area contributed by atoms with Crippen LogP contribution in [0, 0.1) is 0 Å². The Morgan fingerprint density at radius 1 is 1.16 bits per heavy atom. The van der Waals surface area contributed by atoms with Gasteiger partial charge in [0.2, 0.25) is 0 Å². The highest BCUT2D eigenvalue weighted by Gasteiger charge is 2.13. The first-order chi connectivity index (χ1) is 9.20. The second-order valence-corrected chi connectivity index (χ2v) is 4.82. The fraction of sp³-hybridized carbons (Fsp3) is 0.375. The van der Waals surface area contributed by atoms with Crippen molar-refractivity contribution in [2.45, 2.75) is 32.4 Å². The predicted molar refractivity (Wildman–Crippen MR) is 76.4 cm³/mol. The van der Waals surface area contributed by atoms with Gasteiger partial charge in [-0.15, -0.1) is 0 Å². The van der Waals surface area contributed by atoms with Gasteiger partial charge in [0, 0.05) is 6.04 Å². The molecule has 0 aliphatic carbocycles. The molecule has 2 rings (SSSR count). The molecule has 0 spiro atoms. The molecule has 102 valence electrons. The van der Waals surface area contributed by atoms with Crippen LogP contribution in [0.2, 0.25) is 0 Å². The highest BCUT2D eigenvalue weighted by Crippen LogP contribution is 2.20. The highest BCUT2D eigenvalue weighted by atomic mass is 16.5. The molecule has 1 aromatic carbocycles. The van der Waals surface area contributed by atoms with E-state index in [2.05, 4.69) is 25.2 Å². The summed E-state index contributed by atoms with van der Waals surface area (Å²) in [5.41, 5.74) is 1.22. The second kappa shape index (κ2) is 6.43. The van der Waals surface area contributed by atoms with E-state index in [4.69, 9.17) is 9.15 Å². The summed E-state index contributed by atoms with van der Waals surface area (Å²) in [6.45, 7) is 4.28. The summed E-state index contributed by atoms with van der Waals surface area (Å²) in [5, 5.41) is 3.53. The number of benzene rings is 1. The topological polar surface area (TPSA) is 34.4 Å². The first kappa shape index (κ1) is 13.7. The van der Waals surface area contributed by atoms with Gasteiger partial charge in [-0.3, -0.25) is 0 Å². The summed E-state index contributed by atoms with van der Waals surface area (Å²) in [4.78, 5) is 0. The van der Waals surface area contributed by atoms with E-state index in [-0.39, 0.29) is 6.04 Å². The van der Waals surface area contributed by atoms with Gasteiger partial charge in [-0.1, -0.05) is 18.2 Å². The third-order valence-electron chi connectivity index (χ3n) is 3.22. The van der Waals surface area contributed by atoms with Gasteiger partial charge in [-0.05, 0) is 44.0 Å². The van der Waals surface area contributed by atoms with Crippen molar-refractivity contribution in [2.24, 2.45) is 0 Å². The summed E-state index contributed by atoms with van der Waals surface area (Å²) in [6, 6.07) is 12.6. The van der Waals surface area contributed by atoms with E-state index in [1.165, 1.54) is 5.56 Å². The van der Waals surface area contributed by atoms with Crippen molar-refractivity contribution >= 4 is 0 Å². The van der Waals surface area contributed by atoms with Crippen LogP contribution in [0.15, 0.2) is 47.1 Å². The molecule has 3 nitrogen and oxygen atoms in total. The Labute approximate surface area is 114 Å². The monoisotopic (exact) mass is 259 g/mol. The van der Waals surface area contributed by atoms with Crippen LogP contribution < -0.4 is 10.1 Å². The Hall–Kier alpha value is -1.74. The van der Waals surface area contributed by atoms with Crippen LogP contribution in [0.4, 0.5) is 0 Å². The van der Waals surface area contributed by atoms with Crippen molar-refractivity contribution in [1.82, 2.24) is 5.32 Å². The molecule has 0 amide bonds. The number of nitrogens with one attached hydrogen (secondary N) is 1. The summed E-state index contributed by atoms with van der Waals surface area (Å²) in [5.74, 6) is 1.91. The van der Waals surface area contributed by atoms with E-state index in [0.717, 1.165) is 17.9 Å². The fourth-order valence-electron chi connectivity index (χ4n) is 2.31. The van der Waals surface area contributed by atoms with Gasteiger partial charge < -0.3 is 14.5 Å². The van der Waals surface area contributed by atoms with E-state index in [1.54, 1.807) is 13.4 Å². The third kappa shape index (κ3) is 3.61. The molecule has 1 N–H and O–H groups in total. The summed E-state index contributed by atoms with van der Waals surface area (Å²) < 4.78 is 10.8. The van der Waals surface area contributed by atoms with Crippen molar-refractivity contribution < 1.29 is 9.15 Å². The number of methoxy groups -OCH3 is 1. The molecule has 3 heteroatoms. The van der Waals surface area contributed by atoms with Crippen LogP contribution in [0.3, 0.4) is 0 Å². The molecule has 0 fully saturated rings. The Morgan fingerprint density at radius 3 is 2.63 bits per heavy atom. The SMILES string of the molecule is COc1ccccc1CC(C)N[C@@H](C)c1ccco1. The average Bonchev–Trinajstić information content (AvgIpc) is 2.93. The summed E-state index contributed by atoms with van der Waals surface area (Å²) >= 11 is 0. The largest absolute Gasteiger partial charge is 0.496 e. The second-order valence-electron chi connectivity index (χ2n) is 4.82. The molecule has 0 aliphatic rings. The number of rotatable bonds is 6. The van der Waals surface area contributed by atoms with Crippen LogP contribution in [-0.2, 0) is 6.42 Å². The molecule has 0 saturated carbocycles. The molecule has 0 aliphatic heterocycles. The number of para-hydroxylation sites is 1. The number of furan rings is 1. The zero-order valence-electron chi connectivity index (χ0n) is 11.7. The lowest BCUT2D eigenvalue weighted by molar-refractivity contribution is 0.386. The Balaban J connectivity index is 1.95. The van der Waals surface area contributed by atoms with Crippen molar-refractivity contribution in [2.75, 3.05) is 7.11 Å². The predicted octanol–water partition coefficient (Wildman–Crippen LogP) is 3.57. The van der Waals surface area contributed by atoms with Crippen molar-refractivity contribution in [3.05, 3.63) is 54.0 Å². The molecule has 2 atom stereocenters. The number of hydrogen-bond acceptors (Lipinski definition) is 3. The molecule has 19 heavy (non-hydrogen) atoms. The molecule has 1 aromatic heterocycles. The Kier molecular flexibility index (Phi) is 4.63. The van der Waals surface area contributed by atoms with Crippen LogP contribution in [-0.4, -0.2) is 13.2 Å². The summed E-state index contributed by atoms with van der Waals surface area (Å²) in [7, 11) is 1.71. The lowest BCUT2D eigenvalue weighted by atomic mass is 10.1. The molecule has 1 unspecified atom stereocenters. The van der Waals surface area contributed by atoms with Gasteiger partial charge in [0.25, 0.3) is 0 Å². The zero-order chi connectivity index (χ0) is 13.7. The minimum Gasteiger partial charge on any atom is -0.496 e. The maximum Gasteiger partial charge on any atom is 0.122 e. The maximum absolute atomic E-state index is 5.40. The fourth-order valence-corrected chi connectivity index (χ4v) is 2.31. The average molecular weight is 259 g/mol. The normalized spacial score (nSPS) is 14.1. The smallest absolute Gasteiger partial charge is 0.122 e. The van der Waals surface area contributed by atoms with Crippen LogP contribution in [0.1, 0.15) is 31.2 Å². The Bertz CT molecular complexity index is 493. The molecule has 2 aromatic rings. The molecule has 0 radical (unpaired) electrons. The van der Waals surface area contributed by atoms with Gasteiger partial charge in [-0.25, -0.2) is 0 Å². The van der Waals surface area contributed by atoms with Gasteiger partial charge in [-0.2, -0.15) is 0 Å².